The number of hydrogen-bond donors (Lipinski definition) is 0. The van der Waals surface area contributed by atoms with Crippen molar-refractivity contribution in [1.82, 2.24) is 0 Å². The van der Waals surface area contributed by atoms with E-state index in [9.17, 15) is 0 Å². The van der Waals surface area contributed by atoms with E-state index in [1.807, 2.05) is 0 Å². The van der Waals surface area contributed by atoms with Gasteiger partial charge in [-0.05, 0) is 90.5 Å². The second kappa shape index (κ2) is 15.5. The average molecular weight is 780 g/mol. The van der Waals surface area contributed by atoms with E-state index in [1.165, 1.54) is 5.56 Å². The fraction of sp³-hybridized carbons (Fsp3) is 0.667. The van der Waals surface area contributed by atoms with Crippen LogP contribution in [0.15, 0.2) is 6.07 Å². The van der Waals surface area contributed by atoms with Gasteiger partial charge >= 0.3 is 24.0 Å². The van der Waals surface area contributed by atoms with Crippen molar-refractivity contribution in [2.45, 2.75) is 76.0 Å². The quantitative estimate of drug-likeness (QED) is 0.123. The van der Waals surface area contributed by atoms with Crippen LogP contribution >= 0.6 is 133 Å². The van der Waals surface area contributed by atoms with E-state index in [-0.39, 0.29) is 0 Å². The highest BCUT2D eigenvalue weighted by molar-refractivity contribution is 7.66. The zero-order valence-corrected chi connectivity index (χ0v) is 31.5. The third kappa shape index (κ3) is 16.0. The molecule has 0 radical (unpaired) electrons. The molecular weight excluding hydrogens is 754 g/mol. The summed E-state index contributed by atoms with van der Waals surface area (Å²) in [5, 5.41) is 0. The highest BCUT2D eigenvalue weighted by atomic mass is 35.9. The molecule has 0 aliphatic heterocycles. The molecular formula is C18H26Cl12Si4. The van der Waals surface area contributed by atoms with Crippen LogP contribution < -0.4 is 0 Å². The number of aryl methyl sites for hydroxylation is 2. The van der Waals surface area contributed by atoms with E-state index >= 15 is 0 Å². The van der Waals surface area contributed by atoms with Crippen molar-refractivity contribution in [3.63, 3.8) is 0 Å². The lowest BCUT2D eigenvalue weighted by Crippen LogP contribution is -2.19. The van der Waals surface area contributed by atoms with Gasteiger partial charge in [-0.2, -0.15) is 0 Å². The summed E-state index contributed by atoms with van der Waals surface area (Å²) < 4.78 is 0. The maximum absolute atomic E-state index is 6.28. The Kier molecular flexibility index (Phi) is 16.3. The van der Waals surface area contributed by atoms with E-state index in [0.717, 1.165) is 41.5 Å². The predicted octanol–water partition coefficient (Wildman–Crippen LogP) is 11.8. The molecule has 0 aliphatic rings. The Morgan fingerprint density at radius 3 is 1.15 bits per heavy atom. The van der Waals surface area contributed by atoms with Crippen molar-refractivity contribution in [3.05, 3.63) is 33.9 Å². The second-order valence-electron chi connectivity index (χ2n) is 8.19. The van der Waals surface area contributed by atoms with Gasteiger partial charge in [0.1, 0.15) is 0 Å². The van der Waals surface area contributed by atoms with Crippen molar-refractivity contribution < 1.29 is 0 Å². The van der Waals surface area contributed by atoms with Gasteiger partial charge in [-0.1, -0.05) is 19.4 Å². The van der Waals surface area contributed by atoms with Gasteiger partial charge in [-0.15, -0.1) is 133 Å². The largest absolute Gasteiger partial charge is 0.341 e. The van der Waals surface area contributed by atoms with Crippen LogP contribution in [0.25, 0.3) is 0 Å². The molecule has 0 unspecified atom stereocenters. The number of halogens is 12. The summed E-state index contributed by atoms with van der Waals surface area (Å²) >= 11 is 75.1. The van der Waals surface area contributed by atoms with Gasteiger partial charge in [0, 0.05) is 0 Å². The molecule has 1 aromatic carbocycles. The smallest absolute Gasteiger partial charge is 0.126 e. The molecule has 0 bridgehead atoms. The maximum atomic E-state index is 6.28. The van der Waals surface area contributed by atoms with Crippen molar-refractivity contribution in [2.75, 3.05) is 0 Å². The minimum absolute atomic E-state index is 0.459. The van der Waals surface area contributed by atoms with Gasteiger partial charge in [0.05, 0.1) is 0 Å². The van der Waals surface area contributed by atoms with Gasteiger partial charge in [-0.25, -0.2) is 0 Å². The number of rotatable bonds is 15. The highest BCUT2D eigenvalue weighted by Gasteiger charge is 2.32. The maximum Gasteiger partial charge on any atom is 0.341 e. The third-order valence-corrected chi connectivity index (χ3v) is 15.4. The molecule has 0 nitrogen and oxygen atoms in total. The van der Waals surface area contributed by atoms with E-state index < -0.39 is 24.0 Å². The van der Waals surface area contributed by atoms with Crippen LogP contribution in [0.3, 0.4) is 0 Å². The lowest BCUT2D eigenvalue weighted by atomic mass is 9.85. The molecule has 0 atom stereocenters. The lowest BCUT2D eigenvalue weighted by Gasteiger charge is -2.25. The minimum Gasteiger partial charge on any atom is -0.126 e. The number of unbranched alkanes of at least 4 members (excludes halogenated alkanes) is 1. The molecule has 198 valence electrons. The van der Waals surface area contributed by atoms with Gasteiger partial charge in [0.2, 0.25) is 0 Å². The molecule has 0 spiro atoms. The molecule has 0 aliphatic carbocycles. The summed E-state index contributed by atoms with van der Waals surface area (Å²) in [6.07, 6.45) is 5.40. The van der Waals surface area contributed by atoms with E-state index in [1.54, 1.807) is 0 Å². The van der Waals surface area contributed by atoms with Crippen LogP contribution in [-0.4, -0.2) is 24.0 Å². The topological polar surface area (TPSA) is 0 Å². The summed E-state index contributed by atoms with van der Waals surface area (Å²) in [6, 6.07) is -7.36. The van der Waals surface area contributed by atoms with Crippen molar-refractivity contribution >= 4 is 157 Å². The van der Waals surface area contributed by atoms with Crippen LogP contribution in [0.4, 0.5) is 0 Å². The lowest BCUT2D eigenvalue weighted by molar-refractivity contribution is 0.779. The molecule has 0 saturated carbocycles. The van der Waals surface area contributed by atoms with Crippen molar-refractivity contribution in [2.24, 2.45) is 0 Å². The molecule has 34 heavy (non-hydrogen) atoms. The van der Waals surface area contributed by atoms with Gasteiger partial charge in [0.15, 0.2) is 0 Å². The number of benzene rings is 1. The first-order valence-electron chi connectivity index (χ1n) is 10.7. The monoisotopic (exact) mass is 774 g/mol. The Bertz CT molecular complexity index is 782. The van der Waals surface area contributed by atoms with Crippen LogP contribution in [0.1, 0.15) is 47.6 Å². The highest BCUT2D eigenvalue weighted by Crippen LogP contribution is 2.38. The third-order valence-electron chi connectivity index (χ3n) is 5.31. The normalized spacial score (nSPS) is 13.6. The molecule has 16 heteroatoms. The van der Waals surface area contributed by atoms with Crippen molar-refractivity contribution in [1.29, 1.82) is 0 Å². The Labute approximate surface area is 263 Å². The summed E-state index contributed by atoms with van der Waals surface area (Å²) in [5.74, 6) is 0. The molecule has 1 rings (SSSR count). The average Bonchev–Trinajstić information content (AvgIpc) is 2.63. The molecule has 0 heterocycles. The first kappa shape index (κ1) is 35.6. The molecule has 0 fully saturated rings. The first-order chi connectivity index (χ1) is 15.3. The molecule has 1 aromatic rings. The molecule has 0 aromatic heterocycles. The summed E-state index contributed by atoms with van der Waals surface area (Å²) in [4.78, 5) is 0. The Morgan fingerprint density at radius 2 is 0.794 bits per heavy atom. The van der Waals surface area contributed by atoms with Crippen LogP contribution in [0.2, 0.25) is 24.2 Å². The predicted molar refractivity (Wildman–Crippen MR) is 172 cm³/mol. The zero-order chi connectivity index (χ0) is 26.4. The van der Waals surface area contributed by atoms with E-state index in [2.05, 4.69) is 13.0 Å². The van der Waals surface area contributed by atoms with Crippen LogP contribution in [0, 0.1) is 0 Å². The Hall–Kier alpha value is 3.57. The fourth-order valence-corrected chi connectivity index (χ4v) is 9.32. The number of hydrogen-bond acceptors (Lipinski definition) is 0. The standard InChI is InChI=1S/C18H26Cl12Si4/c1-2-3-4-14-13-15(5-9-31(19,20)21)17(7-11-33(25,26)27)18(8-12-34(28,29)30)16(14)6-10-32(22,23)24/h13H,2-12H2,1H3. The van der Waals surface area contributed by atoms with E-state index in [4.69, 9.17) is 133 Å². The molecule has 0 N–H and O–H groups in total. The van der Waals surface area contributed by atoms with Crippen LogP contribution in [-0.2, 0) is 32.1 Å². The Morgan fingerprint density at radius 1 is 0.471 bits per heavy atom. The fourth-order valence-electron chi connectivity index (χ4n) is 3.77. The minimum atomic E-state index is -2.89. The second-order valence-corrected chi connectivity index (χ2v) is 45.3. The Balaban J connectivity index is 3.71. The molecule has 0 saturated heterocycles. The van der Waals surface area contributed by atoms with Gasteiger partial charge < -0.3 is 0 Å². The summed E-state index contributed by atoms with van der Waals surface area (Å²) in [5.41, 5.74) is 5.67. The SMILES string of the molecule is CCCCc1cc(CC[Si](Cl)(Cl)Cl)c(CC[Si](Cl)(Cl)Cl)c(CC[Si](Cl)(Cl)Cl)c1CC[Si](Cl)(Cl)Cl. The van der Waals surface area contributed by atoms with Gasteiger partial charge in [0.25, 0.3) is 0 Å². The zero-order valence-electron chi connectivity index (χ0n) is 18.4. The van der Waals surface area contributed by atoms with Crippen LogP contribution in [0.5, 0.6) is 0 Å². The summed E-state index contributed by atoms with van der Waals surface area (Å²) in [7, 11) is 0. The van der Waals surface area contributed by atoms with Gasteiger partial charge in [-0.3, -0.25) is 0 Å². The summed E-state index contributed by atoms with van der Waals surface area (Å²) in [6.45, 7) is 2.15. The van der Waals surface area contributed by atoms with E-state index in [0.29, 0.717) is 49.9 Å². The first-order valence-corrected chi connectivity index (χ1v) is 31.7. The molecule has 0 amide bonds. The van der Waals surface area contributed by atoms with Crippen molar-refractivity contribution in [3.8, 4) is 0 Å².